The van der Waals surface area contributed by atoms with Gasteiger partial charge in [-0.2, -0.15) is 0 Å². The van der Waals surface area contributed by atoms with Gasteiger partial charge >= 0.3 is 0 Å². The first-order valence-electron chi connectivity index (χ1n) is 4.96. The van der Waals surface area contributed by atoms with E-state index in [2.05, 4.69) is 0 Å². The van der Waals surface area contributed by atoms with Crippen molar-refractivity contribution in [3.05, 3.63) is 29.6 Å². The van der Waals surface area contributed by atoms with Crippen LogP contribution < -0.4 is 10.5 Å². The summed E-state index contributed by atoms with van der Waals surface area (Å²) in [6.07, 6.45) is 0.0768. The molecule has 2 N–H and O–H groups in total. The molecule has 1 atom stereocenters. The molecule has 0 bridgehead atoms. The van der Waals surface area contributed by atoms with Crippen LogP contribution in [0.5, 0.6) is 5.75 Å². The molecule has 0 spiro atoms. The normalized spacial score (nSPS) is 18.3. The van der Waals surface area contributed by atoms with Gasteiger partial charge in [-0.15, -0.1) is 0 Å². The van der Waals surface area contributed by atoms with Crippen LogP contribution in [-0.4, -0.2) is 19.3 Å². The molecule has 1 fully saturated rings. The minimum absolute atomic E-state index is 0.0768. The summed E-state index contributed by atoms with van der Waals surface area (Å²) in [5.74, 6) is 0.360. The Labute approximate surface area is 88.0 Å². The van der Waals surface area contributed by atoms with E-state index in [4.69, 9.17) is 15.2 Å². The van der Waals surface area contributed by atoms with E-state index in [1.165, 1.54) is 12.1 Å². The highest BCUT2D eigenvalue weighted by Gasteiger charge is 2.22. The zero-order chi connectivity index (χ0) is 10.8. The highest BCUT2D eigenvalue weighted by Crippen LogP contribution is 2.26. The molecule has 1 aliphatic heterocycles. The maximum atomic E-state index is 13.0. The molecule has 3 nitrogen and oxygen atoms in total. The second-order valence-corrected chi connectivity index (χ2v) is 3.75. The van der Waals surface area contributed by atoms with Gasteiger partial charge in [-0.3, -0.25) is 0 Å². The lowest BCUT2D eigenvalue weighted by Crippen LogP contribution is -2.38. The van der Waals surface area contributed by atoms with Crippen LogP contribution in [0.3, 0.4) is 0 Å². The van der Waals surface area contributed by atoms with Crippen molar-refractivity contribution in [3.63, 3.8) is 0 Å². The molecule has 0 aliphatic carbocycles. The van der Waals surface area contributed by atoms with Crippen LogP contribution in [0.15, 0.2) is 18.2 Å². The zero-order valence-corrected chi connectivity index (χ0v) is 8.57. The van der Waals surface area contributed by atoms with Gasteiger partial charge in [0.2, 0.25) is 0 Å². The average Bonchev–Trinajstić information content (AvgIpc) is 2.12. The maximum Gasteiger partial charge on any atom is 0.145 e. The van der Waals surface area contributed by atoms with Gasteiger partial charge in [-0.1, -0.05) is 0 Å². The predicted molar refractivity (Wildman–Crippen MR) is 54.2 cm³/mol. The Morgan fingerprint density at radius 2 is 2.27 bits per heavy atom. The van der Waals surface area contributed by atoms with E-state index in [0.717, 1.165) is 0 Å². The van der Waals surface area contributed by atoms with Crippen molar-refractivity contribution in [2.24, 2.45) is 5.73 Å². The fourth-order valence-electron chi connectivity index (χ4n) is 1.44. The average molecular weight is 211 g/mol. The molecule has 0 saturated carbocycles. The Kier molecular flexibility index (Phi) is 2.88. The highest BCUT2D eigenvalue weighted by molar-refractivity contribution is 5.36. The van der Waals surface area contributed by atoms with Crippen molar-refractivity contribution in [1.29, 1.82) is 0 Å². The van der Waals surface area contributed by atoms with Crippen LogP contribution in [0.1, 0.15) is 18.5 Å². The summed E-state index contributed by atoms with van der Waals surface area (Å²) in [5.41, 5.74) is 6.44. The first kappa shape index (κ1) is 10.4. The minimum atomic E-state index is -0.292. The molecule has 1 unspecified atom stereocenters. The molecule has 0 aromatic heterocycles. The van der Waals surface area contributed by atoms with E-state index in [9.17, 15) is 4.39 Å². The molecule has 0 radical (unpaired) electrons. The third-order valence-electron chi connectivity index (χ3n) is 2.36. The molecular formula is C11H14FNO2. The number of benzene rings is 1. The molecule has 82 valence electrons. The predicted octanol–water partition coefficient (Wildman–Crippen LogP) is 1.62. The lowest BCUT2D eigenvalue weighted by molar-refractivity contribution is -0.0800. The third-order valence-corrected chi connectivity index (χ3v) is 2.36. The van der Waals surface area contributed by atoms with Crippen LogP contribution >= 0.6 is 0 Å². The van der Waals surface area contributed by atoms with Crippen molar-refractivity contribution in [2.75, 3.05) is 13.2 Å². The minimum Gasteiger partial charge on any atom is -0.485 e. The van der Waals surface area contributed by atoms with Crippen LogP contribution in [0.2, 0.25) is 0 Å². The lowest BCUT2D eigenvalue weighted by atomic mass is 10.1. The molecule has 2 rings (SSSR count). The molecule has 0 amide bonds. The number of nitrogens with two attached hydrogens (primary N) is 1. The second kappa shape index (κ2) is 4.16. The number of rotatable bonds is 3. The fourth-order valence-corrected chi connectivity index (χ4v) is 1.44. The van der Waals surface area contributed by atoms with Gasteiger partial charge in [0.25, 0.3) is 0 Å². The van der Waals surface area contributed by atoms with Crippen molar-refractivity contribution < 1.29 is 13.9 Å². The fraction of sp³-hybridized carbons (Fsp3) is 0.455. The molecule has 4 heteroatoms. The standard InChI is InChI=1S/C11H14FNO2/c1-7(13)10-4-8(12)2-3-11(10)15-9-5-14-6-9/h2-4,7,9H,5-6,13H2,1H3. The lowest BCUT2D eigenvalue weighted by Gasteiger charge is -2.28. The largest absolute Gasteiger partial charge is 0.485 e. The summed E-state index contributed by atoms with van der Waals surface area (Å²) in [4.78, 5) is 0. The van der Waals surface area contributed by atoms with Gasteiger partial charge < -0.3 is 15.2 Å². The summed E-state index contributed by atoms with van der Waals surface area (Å²) in [6, 6.07) is 4.17. The van der Waals surface area contributed by atoms with Gasteiger partial charge in [-0.05, 0) is 25.1 Å². The SMILES string of the molecule is CC(N)c1cc(F)ccc1OC1COC1. The Hall–Kier alpha value is -1.13. The van der Waals surface area contributed by atoms with Crippen molar-refractivity contribution >= 4 is 0 Å². The number of hydrogen-bond acceptors (Lipinski definition) is 3. The quantitative estimate of drug-likeness (QED) is 0.826. The van der Waals surface area contributed by atoms with E-state index in [1.807, 2.05) is 0 Å². The molecule has 1 aromatic rings. The summed E-state index contributed by atoms with van der Waals surface area (Å²) >= 11 is 0. The van der Waals surface area contributed by atoms with Gasteiger partial charge in [0, 0.05) is 11.6 Å². The van der Waals surface area contributed by atoms with Crippen LogP contribution in [0.25, 0.3) is 0 Å². The van der Waals surface area contributed by atoms with Crippen molar-refractivity contribution in [1.82, 2.24) is 0 Å². The Morgan fingerprint density at radius 1 is 1.53 bits per heavy atom. The zero-order valence-electron chi connectivity index (χ0n) is 8.57. The number of hydrogen-bond donors (Lipinski definition) is 1. The van der Waals surface area contributed by atoms with Gasteiger partial charge in [0.1, 0.15) is 17.7 Å². The molecular weight excluding hydrogens is 197 g/mol. The van der Waals surface area contributed by atoms with E-state index in [-0.39, 0.29) is 18.0 Å². The van der Waals surface area contributed by atoms with E-state index in [1.54, 1.807) is 13.0 Å². The van der Waals surface area contributed by atoms with E-state index < -0.39 is 0 Å². The van der Waals surface area contributed by atoms with Crippen LogP contribution in [-0.2, 0) is 4.74 Å². The molecule has 15 heavy (non-hydrogen) atoms. The molecule has 1 aromatic carbocycles. The van der Waals surface area contributed by atoms with Crippen LogP contribution in [0, 0.1) is 5.82 Å². The third kappa shape index (κ3) is 2.27. The van der Waals surface area contributed by atoms with Gasteiger partial charge in [-0.25, -0.2) is 4.39 Å². The number of ether oxygens (including phenoxy) is 2. The summed E-state index contributed by atoms with van der Waals surface area (Å²) in [7, 11) is 0. The molecule has 1 aliphatic rings. The van der Waals surface area contributed by atoms with Gasteiger partial charge in [0.05, 0.1) is 13.2 Å². The first-order chi connectivity index (χ1) is 7.16. The van der Waals surface area contributed by atoms with Crippen molar-refractivity contribution in [3.8, 4) is 5.75 Å². The molecule has 1 heterocycles. The maximum absolute atomic E-state index is 13.0. The number of halogens is 1. The monoisotopic (exact) mass is 211 g/mol. The van der Waals surface area contributed by atoms with E-state index in [0.29, 0.717) is 24.5 Å². The van der Waals surface area contributed by atoms with Crippen LogP contribution in [0.4, 0.5) is 4.39 Å². The Balaban J connectivity index is 2.20. The summed E-state index contributed by atoms with van der Waals surface area (Å²) < 4.78 is 23.6. The second-order valence-electron chi connectivity index (χ2n) is 3.75. The summed E-state index contributed by atoms with van der Waals surface area (Å²) in [5, 5.41) is 0. The Bertz CT molecular complexity index is 350. The van der Waals surface area contributed by atoms with E-state index >= 15 is 0 Å². The molecule has 1 saturated heterocycles. The van der Waals surface area contributed by atoms with Gasteiger partial charge in [0.15, 0.2) is 0 Å². The van der Waals surface area contributed by atoms with Crippen molar-refractivity contribution in [2.45, 2.75) is 19.1 Å². The highest BCUT2D eigenvalue weighted by atomic mass is 19.1. The smallest absolute Gasteiger partial charge is 0.145 e. The Morgan fingerprint density at radius 3 is 2.80 bits per heavy atom. The summed E-state index contributed by atoms with van der Waals surface area (Å²) in [6.45, 7) is 2.99. The topological polar surface area (TPSA) is 44.5 Å². The first-order valence-corrected chi connectivity index (χ1v) is 4.96.